The first-order chi connectivity index (χ1) is 7.10. The standard InChI is InChI=1S/C10H24BNO3Si/c1-10(2,3)16(5,6)15-8-9(7-13)12-11(4)14/h7,9,12,14H,8H2,1-6H3/t9-/m0/s1. The van der Waals surface area contributed by atoms with E-state index >= 15 is 0 Å². The second kappa shape index (κ2) is 5.95. The first-order valence-electron chi connectivity index (χ1n) is 5.63. The van der Waals surface area contributed by atoms with E-state index in [2.05, 4.69) is 39.1 Å². The van der Waals surface area contributed by atoms with Gasteiger partial charge in [-0.3, -0.25) is 0 Å². The van der Waals surface area contributed by atoms with Crippen LogP contribution >= 0.6 is 0 Å². The summed E-state index contributed by atoms with van der Waals surface area (Å²) in [6.45, 7) is 12.6. The zero-order chi connectivity index (χ0) is 13.0. The quantitative estimate of drug-likeness (QED) is 0.546. The highest BCUT2D eigenvalue weighted by molar-refractivity contribution is 6.74. The normalized spacial score (nSPS) is 14.7. The number of hydrogen-bond donors (Lipinski definition) is 2. The first-order valence-corrected chi connectivity index (χ1v) is 8.54. The Morgan fingerprint density at radius 1 is 1.50 bits per heavy atom. The van der Waals surface area contributed by atoms with Gasteiger partial charge in [0.25, 0.3) is 0 Å². The van der Waals surface area contributed by atoms with Crippen molar-refractivity contribution in [3.05, 3.63) is 0 Å². The summed E-state index contributed by atoms with van der Waals surface area (Å²) in [6.07, 6.45) is 0.778. The summed E-state index contributed by atoms with van der Waals surface area (Å²) < 4.78 is 5.88. The smallest absolute Gasteiger partial charge is 0.374 e. The molecule has 0 heterocycles. The second-order valence-corrected chi connectivity index (χ2v) is 10.5. The molecule has 0 saturated heterocycles. The third kappa shape index (κ3) is 5.25. The zero-order valence-corrected chi connectivity index (χ0v) is 12.2. The van der Waals surface area contributed by atoms with E-state index in [9.17, 15) is 4.79 Å². The molecule has 16 heavy (non-hydrogen) atoms. The van der Waals surface area contributed by atoms with Crippen molar-refractivity contribution < 1.29 is 14.2 Å². The predicted molar refractivity (Wildman–Crippen MR) is 70.0 cm³/mol. The largest absolute Gasteiger partial charge is 0.437 e. The summed E-state index contributed by atoms with van der Waals surface area (Å²) in [5.74, 6) is 0. The van der Waals surface area contributed by atoms with Crippen LogP contribution in [0.2, 0.25) is 25.0 Å². The molecule has 0 aromatic heterocycles. The van der Waals surface area contributed by atoms with Gasteiger partial charge in [0.05, 0.1) is 12.6 Å². The van der Waals surface area contributed by atoms with E-state index < -0.39 is 21.4 Å². The number of hydrogen-bond acceptors (Lipinski definition) is 4. The van der Waals surface area contributed by atoms with Gasteiger partial charge in [-0.05, 0) is 25.0 Å². The van der Waals surface area contributed by atoms with Crippen molar-refractivity contribution in [1.29, 1.82) is 0 Å². The highest BCUT2D eigenvalue weighted by atomic mass is 28.4. The van der Waals surface area contributed by atoms with Gasteiger partial charge in [-0.15, -0.1) is 0 Å². The van der Waals surface area contributed by atoms with Crippen molar-refractivity contribution >= 4 is 21.7 Å². The zero-order valence-electron chi connectivity index (χ0n) is 11.2. The van der Waals surface area contributed by atoms with Gasteiger partial charge < -0.3 is 19.5 Å². The lowest BCUT2D eigenvalue weighted by Crippen LogP contribution is -2.48. The van der Waals surface area contributed by atoms with E-state index in [0.717, 1.165) is 6.29 Å². The van der Waals surface area contributed by atoms with E-state index in [0.29, 0.717) is 6.61 Å². The number of nitrogens with one attached hydrogen (secondary N) is 1. The molecule has 0 unspecified atom stereocenters. The summed E-state index contributed by atoms with van der Waals surface area (Å²) in [5, 5.41) is 12.0. The number of rotatable bonds is 6. The lowest BCUT2D eigenvalue weighted by molar-refractivity contribution is -0.109. The number of carbonyl (C=O) groups excluding carboxylic acids is 1. The Bertz CT molecular complexity index is 229. The summed E-state index contributed by atoms with van der Waals surface area (Å²) in [7, 11) is -2.51. The van der Waals surface area contributed by atoms with E-state index in [1.54, 1.807) is 6.82 Å². The molecule has 0 radical (unpaired) electrons. The summed E-state index contributed by atoms with van der Waals surface area (Å²) in [4.78, 5) is 10.8. The SMILES string of the molecule is CB(O)N[C@@H](C=O)CO[Si](C)(C)C(C)(C)C. The summed E-state index contributed by atoms with van der Waals surface area (Å²) in [6, 6.07) is -0.436. The molecule has 0 bridgehead atoms. The van der Waals surface area contributed by atoms with E-state index in [1.165, 1.54) is 0 Å². The molecule has 6 heteroatoms. The van der Waals surface area contributed by atoms with E-state index in [4.69, 9.17) is 9.45 Å². The molecule has 0 aliphatic rings. The van der Waals surface area contributed by atoms with Gasteiger partial charge >= 0.3 is 7.05 Å². The molecule has 0 fully saturated rings. The van der Waals surface area contributed by atoms with Gasteiger partial charge in [-0.25, -0.2) is 0 Å². The van der Waals surface area contributed by atoms with Crippen molar-refractivity contribution in [2.75, 3.05) is 6.61 Å². The van der Waals surface area contributed by atoms with E-state index in [-0.39, 0.29) is 5.04 Å². The molecule has 0 aromatic carbocycles. The Balaban J connectivity index is 4.26. The minimum atomic E-state index is -1.82. The van der Waals surface area contributed by atoms with Gasteiger partial charge in [0.1, 0.15) is 6.29 Å². The molecule has 2 N–H and O–H groups in total. The van der Waals surface area contributed by atoms with Crippen molar-refractivity contribution in [2.45, 2.75) is 51.8 Å². The van der Waals surface area contributed by atoms with Gasteiger partial charge in [0.15, 0.2) is 8.32 Å². The maximum atomic E-state index is 10.8. The van der Waals surface area contributed by atoms with Crippen LogP contribution in [-0.2, 0) is 9.22 Å². The number of carbonyl (C=O) groups is 1. The van der Waals surface area contributed by atoms with Crippen LogP contribution < -0.4 is 5.23 Å². The fourth-order valence-corrected chi connectivity index (χ4v) is 1.98. The van der Waals surface area contributed by atoms with Crippen LogP contribution in [0.5, 0.6) is 0 Å². The third-order valence-electron chi connectivity index (χ3n) is 3.05. The van der Waals surface area contributed by atoms with Gasteiger partial charge in [-0.1, -0.05) is 20.8 Å². The molecule has 0 aliphatic heterocycles. The first kappa shape index (κ1) is 15.8. The molecule has 4 nitrogen and oxygen atoms in total. The molecule has 1 atom stereocenters. The molecule has 0 saturated carbocycles. The van der Waals surface area contributed by atoms with Crippen molar-refractivity contribution in [3.8, 4) is 0 Å². The van der Waals surface area contributed by atoms with Gasteiger partial charge in [0.2, 0.25) is 0 Å². The van der Waals surface area contributed by atoms with Crippen LogP contribution in [0.1, 0.15) is 20.8 Å². The van der Waals surface area contributed by atoms with Crippen LogP contribution in [0, 0.1) is 0 Å². The molecule has 0 amide bonds. The molecule has 0 rings (SSSR count). The average Bonchev–Trinajstić information content (AvgIpc) is 2.09. The van der Waals surface area contributed by atoms with E-state index in [1.807, 2.05) is 0 Å². The molecule has 94 valence electrons. The van der Waals surface area contributed by atoms with Crippen LogP contribution in [0.3, 0.4) is 0 Å². The Hall–Kier alpha value is -0.168. The minimum Gasteiger partial charge on any atom is -0.437 e. The third-order valence-corrected chi connectivity index (χ3v) is 7.55. The topological polar surface area (TPSA) is 58.6 Å². The van der Waals surface area contributed by atoms with Crippen molar-refractivity contribution in [1.82, 2.24) is 5.23 Å². The predicted octanol–water partition coefficient (Wildman–Crippen LogP) is 1.28. The Morgan fingerprint density at radius 3 is 2.31 bits per heavy atom. The lowest BCUT2D eigenvalue weighted by atomic mass is 9.87. The van der Waals surface area contributed by atoms with Crippen molar-refractivity contribution in [2.24, 2.45) is 0 Å². The molecular formula is C10H24BNO3Si. The van der Waals surface area contributed by atoms with Crippen LogP contribution in [0.15, 0.2) is 0 Å². The summed E-state index contributed by atoms with van der Waals surface area (Å²) in [5.41, 5.74) is 0. The monoisotopic (exact) mass is 245 g/mol. The Morgan fingerprint density at radius 2 is 2.00 bits per heavy atom. The highest BCUT2D eigenvalue weighted by Crippen LogP contribution is 2.36. The fourth-order valence-electron chi connectivity index (χ4n) is 0.951. The fraction of sp³-hybridized carbons (Fsp3) is 0.900. The molecule has 0 spiro atoms. The molecular weight excluding hydrogens is 221 g/mol. The minimum absolute atomic E-state index is 0.130. The molecule has 0 aliphatic carbocycles. The maximum Gasteiger partial charge on any atom is 0.374 e. The number of aldehydes is 1. The van der Waals surface area contributed by atoms with Crippen LogP contribution in [0.4, 0.5) is 0 Å². The average molecular weight is 245 g/mol. The lowest BCUT2D eigenvalue weighted by Gasteiger charge is -2.36. The maximum absolute atomic E-state index is 10.8. The summed E-state index contributed by atoms with van der Waals surface area (Å²) >= 11 is 0. The Kier molecular flexibility index (Phi) is 5.89. The van der Waals surface area contributed by atoms with Crippen LogP contribution in [-0.4, -0.2) is 39.3 Å². The second-order valence-electron chi connectivity index (χ2n) is 5.66. The Labute approximate surface area is 100 Å². The highest BCUT2D eigenvalue weighted by Gasteiger charge is 2.37. The van der Waals surface area contributed by atoms with Crippen molar-refractivity contribution in [3.63, 3.8) is 0 Å². The molecule has 0 aromatic rings. The van der Waals surface area contributed by atoms with Gasteiger partial charge in [0, 0.05) is 0 Å². The van der Waals surface area contributed by atoms with Crippen LogP contribution in [0.25, 0.3) is 0 Å². The van der Waals surface area contributed by atoms with Gasteiger partial charge in [-0.2, -0.15) is 0 Å².